The summed E-state index contributed by atoms with van der Waals surface area (Å²) in [6, 6.07) is 3.82. The van der Waals surface area contributed by atoms with Crippen molar-refractivity contribution >= 4 is 0 Å². The molecule has 1 unspecified atom stereocenters. The molecule has 106 valence electrons. The molecule has 1 N–H and O–H groups in total. The first-order valence-corrected chi connectivity index (χ1v) is 6.94. The standard InChI is InChI=1S/C15H22F2N2/c1-11(15-13(16)4-3-5-14(15)17)19(2)10-12-6-8-18-9-7-12/h3-5,11-12,18H,6-10H2,1-2H3. The first-order valence-electron chi connectivity index (χ1n) is 6.94. The van der Waals surface area contributed by atoms with Crippen molar-refractivity contribution < 1.29 is 8.78 Å². The monoisotopic (exact) mass is 268 g/mol. The summed E-state index contributed by atoms with van der Waals surface area (Å²) >= 11 is 0. The maximum atomic E-state index is 13.8. The van der Waals surface area contributed by atoms with Crippen molar-refractivity contribution in [2.75, 3.05) is 26.7 Å². The van der Waals surface area contributed by atoms with Crippen molar-refractivity contribution in [1.29, 1.82) is 0 Å². The molecule has 1 fully saturated rings. The van der Waals surface area contributed by atoms with Crippen molar-refractivity contribution in [1.82, 2.24) is 10.2 Å². The quantitative estimate of drug-likeness (QED) is 0.903. The second-order valence-electron chi connectivity index (χ2n) is 5.44. The minimum atomic E-state index is -0.454. The summed E-state index contributed by atoms with van der Waals surface area (Å²) < 4.78 is 27.5. The van der Waals surface area contributed by atoms with E-state index in [4.69, 9.17) is 0 Å². The molecule has 2 nitrogen and oxygen atoms in total. The van der Waals surface area contributed by atoms with Gasteiger partial charge in [0.1, 0.15) is 11.6 Å². The Hall–Kier alpha value is -1.00. The molecule has 1 atom stereocenters. The second-order valence-corrected chi connectivity index (χ2v) is 5.44. The highest BCUT2D eigenvalue weighted by Gasteiger charge is 2.22. The highest BCUT2D eigenvalue weighted by atomic mass is 19.1. The average Bonchev–Trinajstić information content (AvgIpc) is 2.39. The van der Waals surface area contributed by atoms with E-state index in [1.165, 1.54) is 18.2 Å². The number of halogens is 2. The van der Waals surface area contributed by atoms with Crippen LogP contribution in [0.15, 0.2) is 18.2 Å². The fraction of sp³-hybridized carbons (Fsp3) is 0.600. The van der Waals surface area contributed by atoms with Crippen molar-refractivity contribution in [2.24, 2.45) is 5.92 Å². The van der Waals surface area contributed by atoms with Crippen LogP contribution in [-0.4, -0.2) is 31.6 Å². The molecule has 1 aromatic rings. The summed E-state index contributed by atoms with van der Waals surface area (Å²) in [6.45, 7) is 4.83. The molecule has 0 amide bonds. The Kier molecular flexibility index (Phi) is 4.88. The molecule has 2 rings (SSSR count). The predicted octanol–water partition coefficient (Wildman–Crippen LogP) is 2.96. The number of nitrogens with zero attached hydrogens (tertiary/aromatic N) is 1. The van der Waals surface area contributed by atoms with Gasteiger partial charge < -0.3 is 5.32 Å². The third kappa shape index (κ3) is 3.51. The van der Waals surface area contributed by atoms with Crippen LogP contribution >= 0.6 is 0 Å². The van der Waals surface area contributed by atoms with Gasteiger partial charge in [0, 0.05) is 18.2 Å². The van der Waals surface area contributed by atoms with Gasteiger partial charge >= 0.3 is 0 Å². The van der Waals surface area contributed by atoms with Gasteiger partial charge in [0.25, 0.3) is 0 Å². The molecule has 19 heavy (non-hydrogen) atoms. The van der Waals surface area contributed by atoms with Crippen LogP contribution in [-0.2, 0) is 0 Å². The highest BCUT2D eigenvalue weighted by Crippen LogP contribution is 2.26. The van der Waals surface area contributed by atoms with E-state index in [0.29, 0.717) is 5.92 Å². The molecule has 1 aromatic carbocycles. The van der Waals surface area contributed by atoms with Crippen LogP contribution in [0.25, 0.3) is 0 Å². The third-order valence-electron chi connectivity index (χ3n) is 4.08. The average molecular weight is 268 g/mol. The summed E-state index contributed by atoms with van der Waals surface area (Å²) in [6.07, 6.45) is 2.27. The zero-order chi connectivity index (χ0) is 13.8. The van der Waals surface area contributed by atoms with Gasteiger partial charge in [-0.05, 0) is 58.0 Å². The maximum absolute atomic E-state index is 13.8. The Labute approximate surface area is 113 Å². The van der Waals surface area contributed by atoms with Gasteiger partial charge in [-0.25, -0.2) is 8.78 Å². The lowest BCUT2D eigenvalue weighted by molar-refractivity contribution is 0.191. The fourth-order valence-electron chi connectivity index (χ4n) is 2.76. The molecule has 4 heteroatoms. The Morgan fingerprint density at radius 1 is 1.26 bits per heavy atom. The van der Waals surface area contributed by atoms with Crippen LogP contribution in [0.3, 0.4) is 0 Å². The number of piperidine rings is 1. The zero-order valence-electron chi connectivity index (χ0n) is 11.6. The first-order chi connectivity index (χ1) is 9.09. The van der Waals surface area contributed by atoms with E-state index < -0.39 is 11.6 Å². The largest absolute Gasteiger partial charge is 0.317 e. The van der Waals surface area contributed by atoms with Gasteiger partial charge in [-0.3, -0.25) is 4.90 Å². The molecule has 0 aliphatic carbocycles. The molecule has 1 aliphatic rings. The smallest absolute Gasteiger partial charge is 0.130 e. The summed E-state index contributed by atoms with van der Waals surface area (Å²) in [7, 11) is 1.94. The molecular formula is C15H22F2N2. The summed E-state index contributed by atoms with van der Waals surface area (Å²) in [5.74, 6) is -0.294. The first kappa shape index (κ1) is 14.4. The Balaban J connectivity index is 2.03. The molecule has 1 heterocycles. The zero-order valence-corrected chi connectivity index (χ0v) is 11.6. The summed E-state index contributed by atoms with van der Waals surface area (Å²) in [5.41, 5.74) is 0.180. The number of hydrogen-bond acceptors (Lipinski definition) is 2. The van der Waals surface area contributed by atoms with Gasteiger partial charge in [0.05, 0.1) is 0 Å². The number of rotatable bonds is 4. The molecule has 0 bridgehead atoms. The van der Waals surface area contributed by atoms with Crippen molar-refractivity contribution in [2.45, 2.75) is 25.8 Å². The second kappa shape index (κ2) is 6.44. The van der Waals surface area contributed by atoms with E-state index >= 15 is 0 Å². The summed E-state index contributed by atoms with van der Waals surface area (Å²) in [4.78, 5) is 2.05. The molecule has 0 radical (unpaired) electrons. The van der Waals surface area contributed by atoms with Crippen molar-refractivity contribution in [3.05, 3.63) is 35.4 Å². The van der Waals surface area contributed by atoms with Gasteiger partial charge in [0.2, 0.25) is 0 Å². The van der Waals surface area contributed by atoms with Gasteiger partial charge in [-0.15, -0.1) is 0 Å². The highest BCUT2D eigenvalue weighted by molar-refractivity contribution is 5.22. The van der Waals surface area contributed by atoms with E-state index in [1.807, 2.05) is 14.0 Å². The van der Waals surface area contributed by atoms with Gasteiger partial charge in [0.15, 0.2) is 0 Å². The van der Waals surface area contributed by atoms with Crippen LogP contribution in [0.4, 0.5) is 8.78 Å². The Morgan fingerprint density at radius 3 is 2.42 bits per heavy atom. The lowest BCUT2D eigenvalue weighted by Gasteiger charge is -2.31. The topological polar surface area (TPSA) is 15.3 Å². The van der Waals surface area contributed by atoms with Gasteiger partial charge in [-0.1, -0.05) is 6.07 Å². The number of hydrogen-bond donors (Lipinski definition) is 1. The Bertz CT molecular complexity index is 396. The normalized spacial score (nSPS) is 18.8. The lowest BCUT2D eigenvalue weighted by Crippen LogP contribution is -2.35. The van der Waals surface area contributed by atoms with E-state index in [1.54, 1.807) is 0 Å². The summed E-state index contributed by atoms with van der Waals surface area (Å²) in [5, 5.41) is 3.33. The third-order valence-corrected chi connectivity index (χ3v) is 4.08. The Morgan fingerprint density at radius 2 is 1.84 bits per heavy atom. The van der Waals surface area contributed by atoms with E-state index in [9.17, 15) is 8.78 Å². The van der Waals surface area contributed by atoms with Crippen LogP contribution in [0.5, 0.6) is 0 Å². The molecule has 0 spiro atoms. The maximum Gasteiger partial charge on any atom is 0.130 e. The number of nitrogens with one attached hydrogen (secondary N) is 1. The predicted molar refractivity (Wildman–Crippen MR) is 73.0 cm³/mol. The van der Waals surface area contributed by atoms with Crippen molar-refractivity contribution in [3.8, 4) is 0 Å². The molecular weight excluding hydrogens is 246 g/mol. The number of benzene rings is 1. The minimum Gasteiger partial charge on any atom is -0.317 e. The SMILES string of the molecule is CC(c1c(F)cccc1F)N(C)CC1CCNCC1. The van der Waals surface area contributed by atoms with Crippen LogP contribution < -0.4 is 5.32 Å². The van der Waals surface area contributed by atoms with Crippen LogP contribution in [0, 0.1) is 17.6 Å². The fourth-order valence-corrected chi connectivity index (χ4v) is 2.76. The van der Waals surface area contributed by atoms with Gasteiger partial charge in [-0.2, -0.15) is 0 Å². The van der Waals surface area contributed by atoms with E-state index in [-0.39, 0.29) is 11.6 Å². The molecule has 1 aliphatic heterocycles. The molecule has 0 aromatic heterocycles. The lowest BCUT2D eigenvalue weighted by atomic mass is 9.96. The van der Waals surface area contributed by atoms with E-state index in [2.05, 4.69) is 10.2 Å². The molecule has 0 saturated carbocycles. The van der Waals surface area contributed by atoms with Crippen LogP contribution in [0.1, 0.15) is 31.4 Å². The van der Waals surface area contributed by atoms with E-state index in [0.717, 1.165) is 32.5 Å². The van der Waals surface area contributed by atoms with Crippen molar-refractivity contribution in [3.63, 3.8) is 0 Å². The molecule has 1 saturated heterocycles. The van der Waals surface area contributed by atoms with Crippen LogP contribution in [0.2, 0.25) is 0 Å². The minimum absolute atomic E-state index is 0.180.